The van der Waals surface area contributed by atoms with Gasteiger partial charge < -0.3 is 15.1 Å². The lowest BCUT2D eigenvalue weighted by molar-refractivity contribution is -0.150. The first-order chi connectivity index (χ1) is 13.4. The molecule has 2 aliphatic heterocycles. The summed E-state index contributed by atoms with van der Waals surface area (Å²) in [5, 5.41) is 21.3. The third-order valence-electron chi connectivity index (χ3n) is 5.32. The number of aryl methyl sites for hydroxylation is 1. The van der Waals surface area contributed by atoms with Crippen molar-refractivity contribution >= 4 is 28.6 Å². The number of rotatable bonds is 7. The van der Waals surface area contributed by atoms with Crippen molar-refractivity contribution in [3.05, 3.63) is 35.9 Å². The van der Waals surface area contributed by atoms with E-state index in [1.165, 1.54) is 4.90 Å². The Kier molecular flexibility index (Phi) is 6.46. The van der Waals surface area contributed by atoms with Crippen molar-refractivity contribution < 1.29 is 28.8 Å². The van der Waals surface area contributed by atoms with Gasteiger partial charge in [0.2, 0.25) is 5.91 Å². The zero-order chi connectivity index (χ0) is 20.3. The molecular weight excluding hydrogens is 384 g/mol. The fourth-order valence-corrected chi connectivity index (χ4v) is 5.63. The van der Waals surface area contributed by atoms with Crippen LogP contribution in [0.15, 0.2) is 30.3 Å². The minimum Gasteiger partial charge on any atom is -0.480 e. The molecule has 1 aromatic carbocycles. The Hall–Kier alpha value is -2.26. The van der Waals surface area contributed by atoms with Gasteiger partial charge in [-0.25, -0.2) is 4.79 Å². The molecule has 3 N–H and O–H groups in total. The van der Waals surface area contributed by atoms with E-state index in [2.05, 4.69) is 5.32 Å². The van der Waals surface area contributed by atoms with Crippen molar-refractivity contribution in [2.24, 2.45) is 0 Å². The van der Waals surface area contributed by atoms with Crippen molar-refractivity contribution in [1.82, 2.24) is 10.2 Å². The second kappa shape index (κ2) is 8.83. The molecule has 0 aromatic heterocycles. The van der Waals surface area contributed by atoms with Gasteiger partial charge >= 0.3 is 11.9 Å². The largest absolute Gasteiger partial charge is 0.480 e. The predicted octanol–water partition coefficient (Wildman–Crippen LogP) is 0.585. The van der Waals surface area contributed by atoms with Crippen LogP contribution in [0.25, 0.3) is 0 Å². The first-order valence-corrected chi connectivity index (χ1v) is 10.7. The highest BCUT2D eigenvalue weighted by molar-refractivity contribution is 7.86. The van der Waals surface area contributed by atoms with Gasteiger partial charge in [0, 0.05) is 10.8 Å². The highest BCUT2D eigenvalue weighted by atomic mass is 32.2. The SMILES string of the molecule is O=C(O)C(CCc1ccccc1)N[C@H]1CCC[C@H]2N(C1=O)[C@H](C(=O)O)C[S@@]2=O. The first-order valence-electron chi connectivity index (χ1n) is 9.33. The van der Waals surface area contributed by atoms with Crippen LogP contribution in [0.5, 0.6) is 0 Å². The Balaban J connectivity index is 1.72. The minimum absolute atomic E-state index is 0.0746. The molecule has 0 radical (unpaired) electrons. The number of fused-ring (bicyclic) bond motifs is 1. The van der Waals surface area contributed by atoms with Gasteiger partial charge in [0.25, 0.3) is 0 Å². The van der Waals surface area contributed by atoms with E-state index in [-0.39, 0.29) is 5.75 Å². The molecule has 1 amide bonds. The van der Waals surface area contributed by atoms with E-state index < -0.39 is 52.1 Å². The Morgan fingerprint density at radius 3 is 2.57 bits per heavy atom. The number of carboxylic acids is 2. The normalized spacial score (nSPS) is 28.4. The summed E-state index contributed by atoms with van der Waals surface area (Å²) in [5.41, 5.74) is 1.00. The third-order valence-corrected chi connectivity index (χ3v) is 7.03. The zero-order valence-electron chi connectivity index (χ0n) is 15.3. The quantitative estimate of drug-likeness (QED) is 0.603. The van der Waals surface area contributed by atoms with Gasteiger partial charge in [-0.2, -0.15) is 0 Å². The van der Waals surface area contributed by atoms with E-state index in [1.54, 1.807) is 0 Å². The van der Waals surface area contributed by atoms with Crippen molar-refractivity contribution in [2.75, 3.05) is 5.75 Å². The van der Waals surface area contributed by atoms with E-state index in [1.807, 2.05) is 30.3 Å². The second-order valence-corrected chi connectivity index (χ2v) is 8.81. The van der Waals surface area contributed by atoms with Gasteiger partial charge in [-0.1, -0.05) is 30.3 Å². The van der Waals surface area contributed by atoms with Crippen LogP contribution in [-0.4, -0.2) is 66.4 Å². The minimum atomic E-state index is -1.41. The summed E-state index contributed by atoms with van der Waals surface area (Å²) < 4.78 is 12.3. The monoisotopic (exact) mass is 408 g/mol. The molecular formula is C19H24N2O6S. The van der Waals surface area contributed by atoms with Crippen LogP contribution in [-0.2, 0) is 31.6 Å². The lowest BCUT2D eigenvalue weighted by Gasteiger charge is -2.29. The standard InChI is InChI=1S/C19H24N2O6S/c22-17-13(7-4-8-16-21(17)15(19(25)26)11-28(16)27)20-14(18(23)24)10-9-12-5-2-1-3-6-12/h1-3,5-6,13-16,20H,4,7-11H2,(H,23,24)(H,25,26)/t13-,14?,15-,16-,28-/m0/s1. The van der Waals surface area contributed by atoms with Crippen molar-refractivity contribution in [2.45, 2.75) is 55.6 Å². The van der Waals surface area contributed by atoms with Gasteiger partial charge in [-0.05, 0) is 37.7 Å². The average Bonchev–Trinajstić information content (AvgIpc) is 2.91. The number of carboxylic acid groups (broad SMARTS) is 2. The number of aliphatic carboxylic acids is 2. The average molecular weight is 408 g/mol. The number of hydrogen-bond acceptors (Lipinski definition) is 5. The summed E-state index contributed by atoms with van der Waals surface area (Å²) in [6.07, 6.45) is 2.28. The summed E-state index contributed by atoms with van der Waals surface area (Å²) in [6.45, 7) is 0. The summed E-state index contributed by atoms with van der Waals surface area (Å²) in [6, 6.07) is 6.64. The number of nitrogens with zero attached hydrogens (tertiary/aromatic N) is 1. The van der Waals surface area contributed by atoms with Crippen molar-refractivity contribution in [1.29, 1.82) is 0 Å². The van der Waals surface area contributed by atoms with Crippen LogP contribution < -0.4 is 5.32 Å². The highest BCUT2D eigenvalue weighted by Crippen LogP contribution is 2.29. The molecule has 2 saturated heterocycles. The molecule has 2 heterocycles. The first kappa shape index (κ1) is 20.5. The molecule has 0 spiro atoms. The van der Waals surface area contributed by atoms with Gasteiger partial charge in [0.1, 0.15) is 17.5 Å². The summed E-state index contributed by atoms with van der Waals surface area (Å²) in [7, 11) is -1.41. The molecule has 2 aliphatic rings. The molecule has 8 nitrogen and oxygen atoms in total. The second-order valence-electron chi connectivity index (χ2n) is 7.17. The number of carbonyl (C=O) groups is 3. The van der Waals surface area contributed by atoms with Gasteiger partial charge in [-0.3, -0.25) is 19.1 Å². The molecule has 9 heteroatoms. The van der Waals surface area contributed by atoms with E-state index in [0.717, 1.165) is 5.56 Å². The molecule has 28 heavy (non-hydrogen) atoms. The summed E-state index contributed by atoms with van der Waals surface area (Å²) in [5.74, 6) is -2.77. The van der Waals surface area contributed by atoms with E-state index in [4.69, 9.17) is 0 Å². The topological polar surface area (TPSA) is 124 Å². The lowest BCUT2D eigenvalue weighted by Crippen LogP contribution is -2.55. The Labute approximate surface area is 165 Å². The molecule has 1 aromatic rings. The Morgan fingerprint density at radius 2 is 1.93 bits per heavy atom. The van der Waals surface area contributed by atoms with Crippen LogP contribution in [0, 0.1) is 0 Å². The number of amides is 1. The lowest BCUT2D eigenvalue weighted by atomic mass is 10.0. The van der Waals surface area contributed by atoms with Gasteiger partial charge in [-0.15, -0.1) is 0 Å². The van der Waals surface area contributed by atoms with Crippen LogP contribution in [0.3, 0.4) is 0 Å². The van der Waals surface area contributed by atoms with Crippen LogP contribution in [0.1, 0.15) is 31.2 Å². The Morgan fingerprint density at radius 1 is 1.21 bits per heavy atom. The van der Waals surface area contributed by atoms with Crippen molar-refractivity contribution in [3.63, 3.8) is 0 Å². The molecule has 0 saturated carbocycles. The maximum atomic E-state index is 13.0. The van der Waals surface area contributed by atoms with E-state index >= 15 is 0 Å². The zero-order valence-corrected chi connectivity index (χ0v) is 16.1. The molecule has 2 fully saturated rings. The predicted molar refractivity (Wildman–Crippen MR) is 102 cm³/mol. The Bertz CT molecular complexity index is 771. The molecule has 5 atom stereocenters. The van der Waals surface area contributed by atoms with Crippen LogP contribution in [0.2, 0.25) is 0 Å². The number of nitrogens with one attached hydrogen (secondary N) is 1. The van der Waals surface area contributed by atoms with E-state index in [0.29, 0.717) is 32.1 Å². The fraction of sp³-hybridized carbons (Fsp3) is 0.526. The van der Waals surface area contributed by atoms with Gasteiger partial charge in [0.05, 0.1) is 11.8 Å². The molecule has 152 valence electrons. The third kappa shape index (κ3) is 4.41. The number of hydrogen-bond donors (Lipinski definition) is 3. The smallest absolute Gasteiger partial charge is 0.327 e. The summed E-state index contributed by atoms with van der Waals surface area (Å²) >= 11 is 0. The fourth-order valence-electron chi connectivity index (χ4n) is 3.86. The van der Waals surface area contributed by atoms with E-state index in [9.17, 15) is 28.8 Å². The van der Waals surface area contributed by atoms with Gasteiger partial charge in [0.15, 0.2) is 0 Å². The molecule has 0 bridgehead atoms. The summed E-state index contributed by atoms with van der Waals surface area (Å²) in [4.78, 5) is 37.4. The molecule has 3 rings (SSSR count). The van der Waals surface area contributed by atoms with Crippen molar-refractivity contribution in [3.8, 4) is 0 Å². The molecule has 0 aliphatic carbocycles. The maximum Gasteiger partial charge on any atom is 0.327 e. The van der Waals surface area contributed by atoms with Crippen LogP contribution in [0.4, 0.5) is 0 Å². The number of carbonyl (C=O) groups excluding carboxylic acids is 1. The number of benzene rings is 1. The van der Waals surface area contributed by atoms with Crippen LogP contribution >= 0.6 is 0 Å². The highest BCUT2D eigenvalue weighted by Gasteiger charge is 2.48. The maximum absolute atomic E-state index is 13.0. The molecule has 1 unspecified atom stereocenters.